The second kappa shape index (κ2) is 13.9. The first-order chi connectivity index (χ1) is 22.0. The molecule has 0 saturated carbocycles. The molecule has 2 aromatic carbocycles. The fourth-order valence-corrected chi connectivity index (χ4v) is 4.95. The highest BCUT2D eigenvalue weighted by atomic mass is 16.6. The van der Waals surface area contributed by atoms with Crippen LogP contribution >= 0.6 is 0 Å². The van der Waals surface area contributed by atoms with Crippen LogP contribution in [-0.2, 0) is 9.47 Å². The van der Waals surface area contributed by atoms with Crippen LogP contribution in [0.25, 0.3) is 10.9 Å². The monoisotopic (exact) mass is 629 g/mol. The van der Waals surface area contributed by atoms with Gasteiger partial charge in [-0.15, -0.1) is 0 Å². The largest absolute Gasteiger partial charge is 0.490 e. The Balaban J connectivity index is 1.25. The molecule has 1 fully saturated rings. The van der Waals surface area contributed by atoms with E-state index in [1.807, 2.05) is 39.0 Å². The number of pyridine rings is 1. The van der Waals surface area contributed by atoms with Gasteiger partial charge in [-0.25, -0.2) is 14.6 Å². The minimum absolute atomic E-state index is 0.190. The third-order valence-corrected chi connectivity index (χ3v) is 7.32. The number of carbonyl (C=O) groups excluding carboxylic acids is 3. The summed E-state index contributed by atoms with van der Waals surface area (Å²) in [6.45, 7) is 7.61. The minimum Gasteiger partial charge on any atom is -0.490 e. The number of hydrogen-bond donors (Lipinski definition) is 2. The van der Waals surface area contributed by atoms with Crippen molar-refractivity contribution in [2.24, 2.45) is 0 Å². The van der Waals surface area contributed by atoms with Gasteiger partial charge in [0.25, 0.3) is 5.91 Å². The van der Waals surface area contributed by atoms with E-state index in [-0.39, 0.29) is 23.9 Å². The lowest BCUT2D eigenvalue weighted by molar-refractivity contribution is 0.00818. The summed E-state index contributed by atoms with van der Waals surface area (Å²) in [5, 5.41) is 6.24. The topological polar surface area (TPSA) is 133 Å². The zero-order valence-corrected chi connectivity index (χ0v) is 26.7. The summed E-state index contributed by atoms with van der Waals surface area (Å²) in [4.78, 5) is 43.6. The Kier molecular flexibility index (Phi) is 9.76. The molecule has 2 N–H and O–H groups in total. The van der Waals surface area contributed by atoms with Crippen LogP contribution in [0.2, 0.25) is 0 Å². The van der Waals surface area contributed by atoms with Crippen LogP contribution in [0.1, 0.15) is 49.0 Å². The summed E-state index contributed by atoms with van der Waals surface area (Å²) in [6.07, 6.45) is 3.58. The van der Waals surface area contributed by atoms with Gasteiger partial charge in [0.05, 0.1) is 12.1 Å². The summed E-state index contributed by atoms with van der Waals surface area (Å²) >= 11 is 0. The predicted octanol–water partition coefficient (Wildman–Crippen LogP) is 6.02. The summed E-state index contributed by atoms with van der Waals surface area (Å²) in [5.41, 5.74) is 1.65. The fraction of sp³-hybridized carbons (Fsp3) is 0.353. The number of amides is 3. The van der Waals surface area contributed by atoms with E-state index in [1.54, 1.807) is 67.8 Å². The Hall–Kier alpha value is -5.10. The number of nitrogens with zero attached hydrogens (tertiary/aromatic N) is 3. The molecule has 242 valence electrons. The molecule has 1 saturated heterocycles. The summed E-state index contributed by atoms with van der Waals surface area (Å²) < 4.78 is 24.3. The number of rotatable bonds is 10. The highest BCUT2D eigenvalue weighted by Gasteiger charge is 2.34. The molecule has 0 radical (unpaired) electrons. The molecule has 2 aromatic heterocycles. The van der Waals surface area contributed by atoms with Gasteiger partial charge in [-0.1, -0.05) is 12.1 Å². The van der Waals surface area contributed by atoms with Gasteiger partial charge < -0.3 is 34.5 Å². The molecule has 12 heteroatoms. The first-order valence-electron chi connectivity index (χ1n) is 15.1. The van der Waals surface area contributed by atoms with E-state index in [0.717, 1.165) is 10.9 Å². The maximum Gasteiger partial charge on any atom is 0.410 e. The van der Waals surface area contributed by atoms with E-state index in [9.17, 15) is 14.4 Å². The van der Waals surface area contributed by atoms with Gasteiger partial charge in [-0.05, 0) is 56.7 Å². The Bertz CT molecular complexity index is 1710. The molecule has 5 rings (SSSR count). The second-order valence-electron chi connectivity index (χ2n) is 11.9. The third kappa shape index (κ3) is 7.75. The van der Waals surface area contributed by atoms with Gasteiger partial charge >= 0.3 is 12.1 Å². The normalized spacial score (nSPS) is 13.2. The number of anilines is 1. The number of carbonyl (C=O) groups is 3. The summed E-state index contributed by atoms with van der Waals surface area (Å²) in [7, 11) is 3.20. The Morgan fingerprint density at radius 1 is 0.978 bits per heavy atom. The van der Waals surface area contributed by atoms with Crippen molar-refractivity contribution >= 4 is 34.8 Å². The van der Waals surface area contributed by atoms with Crippen molar-refractivity contribution in [2.45, 2.75) is 38.7 Å². The van der Waals surface area contributed by atoms with E-state index >= 15 is 0 Å². The lowest BCUT2D eigenvalue weighted by atomic mass is 9.91. The third-order valence-electron chi connectivity index (χ3n) is 7.32. The predicted molar refractivity (Wildman–Crippen MR) is 173 cm³/mol. The Morgan fingerprint density at radius 3 is 2.43 bits per heavy atom. The number of benzene rings is 2. The molecule has 1 aliphatic rings. The van der Waals surface area contributed by atoms with Gasteiger partial charge in [0.2, 0.25) is 0 Å². The van der Waals surface area contributed by atoms with Gasteiger partial charge in [0.15, 0.2) is 11.5 Å². The highest BCUT2D eigenvalue weighted by molar-refractivity contribution is 6.03. The number of nitrogens with one attached hydrogen (secondary N) is 2. The summed E-state index contributed by atoms with van der Waals surface area (Å²) in [5.74, 6) is 1.52. The van der Waals surface area contributed by atoms with E-state index in [1.165, 1.54) is 4.57 Å². The zero-order chi connectivity index (χ0) is 32.8. The standard InChI is InChI=1S/C34H39N5O7/c1-34(2,3)46-33(42)38-20-25(21-38)22-7-9-23(10-8-22)31(40)37-30-18-26(11-13-36-30)45-29-17-24-12-14-39(32(41)35-4)27(24)19-28(29)44-16-6-15-43-5/h7-14,17-19,25H,6,15-16,20-21H2,1-5H3,(H,35,41)(H,36,37,40). The molecule has 3 amide bonds. The lowest BCUT2D eigenvalue weighted by Crippen LogP contribution is -2.50. The summed E-state index contributed by atoms with van der Waals surface area (Å²) in [6, 6.07) is 15.7. The fourth-order valence-electron chi connectivity index (χ4n) is 4.95. The molecule has 0 aliphatic carbocycles. The van der Waals surface area contributed by atoms with Gasteiger partial charge in [0.1, 0.15) is 17.2 Å². The molecule has 1 aliphatic heterocycles. The van der Waals surface area contributed by atoms with Crippen molar-refractivity contribution in [3.8, 4) is 17.2 Å². The second-order valence-corrected chi connectivity index (χ2v) is 11.9. The Morgan fingerprint density at radius 2 is 1.74 bits per heavy atom. The first-order valence-corrected chi connectivity index (χ1v) is 15.1. The minimum atomic E-state index is -0.532. The van der Waals surface area contributed by atoms with E-state index in [2.05, 4.69) is 15.6 Å². The number of hydrogen-bond acceptors (Lipinski definition) is 8. The number of methoxy groups -OCH3 is 1. The Labute approximate surface area is 267 Å². The average Bonchev–Trinajstić information content (AvgIpc) is 3.40. The smallest absolute Gasteiger partial charge is 0.410 e. The maximum atomic E-state index is 13.1. The highest BCUT2D eigenvalue weighted by Crippen LogP contribution is 2.37. The van der Waals surface area contributed by atoms with E-state index in [0.29, 0.717) is 66.9 Å². The van der Waals surface area contributed by atoms with Crippen LogP contribution in [0.5, 0.6) is 17.2 Å². The number of ether oxygens (including phenoxy) is 4. The lowest BCUT2D eigenvalue weighted by Gasteiger charge is -2.40. The molecule has 0 spiro atoms. The quantitative estimate of drug-likeness (QED) is 0.204. The molecule has 3 heterocycles. The maximum absolute atomic E-state index is 13.1. The van der Waals surface area contributed by atoms with Crippen LogP contribution in [-0.4, -0.2) is 78.5 Å². The van der Waals surface area contributed by atoms with Crippen molar-refractivity contribution in [1.29, 1.82) is 0 Å². The molecular formula is C34H39N5O7. The van der Waals surface area contributed by atoms with Crippen LogP contribution in [0.4, 0.5) is 15.4 Å². The van der Waals surface area contributed by atoms with Crippen molar-refractivity contribution in [3.05, 3.63) is 78.1 Å². The SMILES string of the molecule is CNC(=O)n1ccc2cc(Oc3ccnc(NC(=O)c4ccc(C5CN(C(=O)OC(C)(C)C)C5)cc4)c3)c(OCCCOC)cc21. The van der Waals surface area contributed by atoms with Gasteiger partial charge in [-0.3, -0.25) is 9.36 Å². The van der Waals surface area contributed by atoms with Crippen molar-refractivity contribution in [3.63, 3.8) is 0 Å². The van der Waals surface area contributed by atoms with Crippen molar-refractivity contribution in [1.82, 2.24) is 19.8 Å². The molecule has 12 nitrogen and oxygen atoms in total. The molecule has 46 heavy (non-hydrogen) atoms. The van der Waals surface area contributed by atoms with Crippen LogP contribution in [0, 0.1) is 0 Å². The molecule has 0 atom stereocenters. The van der Waals surface area contributed by atoms with E-state index in [4.69, 9.17) is 18.9 Å². The van der Waals surface area contributed by atoms with Gasteiger partial charge in [0, 0.05) is 81.7 Å². The molecule has 0 unspecified atom stereocenters. The average molecular weight is 630 g/mol. The number of likely N-dealkylation sites (tertiary alicyclic amines) is 1. The van der Waals surface area contributed by atoms with Crippen molar-refractivity contribution < 1.29 is 33.3 Å². The van der Waals surface area contributed by atoms with Gasteiger partial charge in [-0.2, -0.15) is 0 Å². The number of aromatic nitrogens is 2. The van der Waals surface area contributed by atoms with Crippen LogP contribution in [0.15, 0.2) is 67.0 Å². The molecular weight excluding hydrogens is 590 g/mol. The van der Waals surface area contributed by atoms with Crippen LogP contribution in [0.3, 0.4) is 0 Å². The first kappa shape index (κ1) is 32.3. The van der Waals surface area contributed by atoms with Crippen molar-refractivity contribution in [2.75, 3.05) is 45.8 Å². The zero-order valence-electron chi connectivity index (χ0n) is 26.7. The van der Waals surface area contributed by atoms with Crippen LogP contribution < -0.4 is 20.1 Å². The molecule has 0 bridgehead atoms. The molecule has 4 aromatic rings. The number of fused-ring (bicyclic) bond motifs is 1. The van der Waals surface area contributed by atoms with E-state index < -0.39 is 5.60 Å².